The van der Waals surface area contributed by atoms with Crippen molar-refractivity contribution in [2.75, 3.05) is 0 Å². The minimum absolute atomic E-state index is 0.659. The molecule has 0 aliphatic rings. The van der Waals surface area contributed by atoms with Crippen molar-refractivity contribution in [3.05, 3.63) is 158 Å². The summed E-state index contributed by atoms with van der Waals surface area (Å²) in [6.07, 6.45) is 2.17. The van der Waals surface area contributed by atoms with Gasteiger partial charge in [0, 0.05) is 39.2 Å². The number of fused-ring (bicyclic) bond motifs is 6. The lowest BCUT2D eigenvalue weighted by atomic mass is 10.0. The van der Waals surface area contributed by atoms with Gasteiger partial charge in [-0.2, -0.15) is 0 Å². The van der Waals surface area contributed by atoms with Gasteiger partial charge in [-0.3, -0.25) is 4.57 Å². The lowest BCUT2D eigenvalue weighted by Crippen LogP contribution is -2.04. The van der Waals surface area contributed by atoms with Crippen molar-refractivity contribution in [1.82, 2.24) is 19.1 Å². The summed E-state index contributed by atoms with van der Waals surface area (Å²) in [4.78, 5) is 10.4. The van der Waals surface area contributed by atoms with Gasteiger partial charge in [0.15, 0.2) is 0 Å². The van der Waals surface area contributed by atoms with Gasteiger partial charge in [0.05, 0.1) is 27.9 Å². The Hall–Kier alpha value is -6.00. The van der Waals surface area contributed by atoms with Crippen LogP contribution < -0.4 is 0 Å². The van der Waals surface area contributed by atoms with Crippen LogP contribution in [0.4, 0.5) is 0 Å². The molecule has 0 aliphatic carbocycles. The Kier molecular flexibility index (Phi) is 5.47. The highest BCUT2D eigenvalue weighted by Gasteiger charge is 2.18. The van der Waals surface area contributed by atoms with E-state index in [1.54, 1.807) is 0 Å². The molecule has 6 aromatic carbocycles. The van der Waals surface area contributed by atoms with Crippen LogP contribution in [0.1, 0.15) is 0 Å². The fourth-order valence-electron chi connectivity index (χ4n) is 6.49. The molecule has 4 nitrogen and oxygen atoms in total. The van der Waals surface area contributed by atoms with Crippen LogP contribution in [0, 0.1) is 0 Å². The quantitative estimate of drug-likeness (QED) is 0.214. The normalized spacial score (nSPS) is 11.6. The number of hydrogen-bond acceptors (Lipinski definition) is 2. The third-order valence-electron chi connectivity index (χ3n) is 8.57. The van der Waals surface area contributed by atoms with E-state index in [4.69, 9.17) is 9.97 Å². The molecule has 0 radical (unpaired) electrons. The molecule has 0 aliphatic heterocycles. The van der Waals surface area contributed by atoms with E-state index in [2.05, 4.69) is 155 Å². The molecule has 4 heteroatoms. The van der Waals surface area contributed by atoms with Crippen molar-refractivity contribution in [2.45, 2.75) is 0 Å². The summed E-state index contributed by atoms with van der Waals surface area (Å²) in [5.74, 6) is 0.659. The zero-order valence-corrected chi connectivity index (χ0v) is 23.8. The first-order valence-corrected chi connectivity index (χ1v) is 14.8. The molecule has 9 aromatic rings. The molecule has 0 saturated heterocycles. The third kappa shape index (κ3) is 3.85. The van der Waals surface area contributed by atoms with Crippen LogP contribution in [0.15, 0.2) is 158 Å². The largest absolute Gasteiger partial charge is 0.317 e. The summed E-state index contributed by atoms with van der Waals surface area (Å²) in [6, 6.07) is 53.2. The Balaban J connectivity index is 1.33. The first kappa shape index (κ1) is 24.6. The van der Waals surface area contributed by atoms with E-state index in [-0.39, 0.29) is 0 Å². The van der Waals surface area contributed by atoms with E-state index in [0.717, 1.165) is 39.2 Å². The average molecular weight is 563 g/mol. The Morgan fingerprint density at radius 1 is 0.409 bits per heavy atom. The number of para-hydroxylation sites is 2. The molecule has 3 heterocycles. The van der Waals surface area contributed by atoms with Gasteiger partial charge in [0.25, 0.3) is 0 Å². The van der Waals surface area contributed by atoms with Crippen LogP contribution in [0.25, 0.3) is 77.6 Å². The Morgan fingerprint density at radius 2 is 1.02 bits per heavy atom. The molecule has 206 valence electrons. The molecule has 0 atom stereocenters. The number of nitrogens with zero attached hydrogens (tertiary/aromatic N) is 4. The molecule has 0 N–H and O–H groups in total. The fourth-order valence-corrected chi connectivity index (χ4v) is 6.49. The minimum Gasteiger partial charge on any atom is -0.317 e. The second kappa shape index (κ2) is 9.79. The SMILES string of the molecule is c1ccc(-c2cc(-c3ccccc3)nc(-n3c4ccccc4c4cc5c(ccc6c5ccn6-c5ccccc5)cc43)n2)cc1. The van der Waals surface area contributed by atoms with Gasteiger partial charge in [-0.1, -0.05) is 103 Å². The maximum Gasteiger partial charge on any atom is 0.235 e. The number of hydrogen-bond donors (Lipinski definition) is 0. The summed E-state index contributed by atoms with van der Waals surface area (Å²) in [5.41, 5.74) is 8.43. The maximum atomic E-state index is 5.19. The van der Waals surface area contributed by atoms with Crippen LogP contribution in [0.3, 0.4) is 0 Å². The Bertz CT molecular complexity index is 2420. The van der Waals surface area contributed by atoms with Crippen LogP contribution in [0.5, 0.6) is 0 Å². The predicted molar refractivity (Wildman–Crippen MR) is 182 cm³/mol. The first-order chi connectivity index (χ1) is 21.8. The van der Waals surface area contributed by atoms with Crippen LogP contribution in [-0.2, 0) is 0 Å². The summed E-state index contributed by atoms with van der Waals surface area (Å²) < 4.78 is 4.48. The highest BCUT2D eigenvalue weighted by molar-refractivity contribution is 6.18. The monoisotopic (exact) mass is 562 g/mol. The molecule has 0 unspecified atom stereocenters. The van der Waals surface area contributed by atoms with Crippen molar-refractivity contribution >= 4 is 43.5 Å². The van der Waals surface area contributed by atoms with Gasteiger partial charge >= 0.3 is 0 Å². The highest BCUT2D eigenvalue weighted by atomic mass is 15.2. The molecule has 9 rings (SSSR count). The standard InChI is InChI=1S/C40H26N4/c1-4-12-27(13-5-1)35-26-36(28-14-6-2-7-15-28)42-40(41-35)44-38-19-11-10-18-31(38)34-25-33-29(24-39(34)44)20-21-37-32(33)22-23-43(37)30-16-8-3-9-17-30/h1-26H. The number of benzene rings is 6. The smallest absolute Gasteiger partial charge is 0.235 e. The van der Waals surface area contributed by atoms with E-state index in [0.29, 0.717) is 5.95 Å². The zero-order valence-electron chi connectivity index (χ0n) is 23.8. The zero-order chi connectivity index (χ0) is 29.0. The van der Waals surface area contributed by atoms with Crippen LogP contribution in [-0.4, -0.2) is 19.1 Å². The van der Waals surface area contributed by atoms with Crippen molar-refractivity contribution in [3.63, 3.8) is 0 Å². The lowest BCUT2D eigenvalue weighted by molar-refractivity contribution is 0.996. The highest BCUT2D eigenvalue weighted by Crippen LogP contribution is 2.38. The molecule has 0 bridgehead atoms. The van der Waals surface area contributed by atoms with Crippen molar-refractivity contribution < 1.29 is 0 Å². The van der Waals surface area contributed by atoms with Crippen molar-refractivity contribution in [1.29, 1.82) is 0 Å². The topological polar surface area (TPSA) is 35.6 Å². The lowest BCUT2D eigenvalue weighted by Gasteiger charge is -2.12. The molecule has 0 spiro atoms. The first-order valence-electron chi connectivity index (χ1n) is 14.8. The predicted octanol–water partition coefficient (Wildman–Crippen LogP) is 10.0. The van der Waals surface area contributed by atoms with Crippen LogP contribution >= 0.6 is 0 Å². The summed E-state index contributed by atoms with van der Waals surface area (Å²) in [6.45, 7) is 0. The van der Waals surface area contributed by atoms with E-state index in [1.165, 1.54) is 32.4 Å². The van der Waals surface area contributed by atoms with E-state index >= 15 is 0 Å². The molecular formula is C40H26N4. The minimum atomic E-state index is 0.659. The third-order valence-corrected chi connectivity index (χ3v) is 8.57. The van der Waals surface area contributed by atoms with Crippen molar-refractivity contribution in [3.8, 4) is 34.2 Å². The van der Waals surface area contributed by atoms with Crippen LogP contribution in [0.2, 0.25) is 0 Å². The van der Waals surface area contributed by atoms with Gasteiger partial charge in [-0.25, -0.2) is 9.97 Å². The van der Waals surface area contributed by atoms with Gasteiger partial charge in [-0.05, 0) is 59.3 Å². The summed E-state index contributed by atoms with van der Waals surface area (Å²) in [7, 11) is 0. The summed E-state index contributed by atoms with van der Waals surface area (Å²) >= 11 is 0. The van der Waals surface area contributed by atoms with Gasteiger partial charge in [-0.15, -0.1) is 0 Å². The molecule has 0 amide bonds. The van der Waals surface area contributed by atoms with E-state index < -0.39 is 0 Å². The van der Waals surface area contributed by atoms with Gasteiger partial charge < -0.3 is 4.57 Å². The molecule has 44 heavy (non-hydrogen) atoms. The number of aromatic nitrogens is 4. The molecular weight excluding hydrogens is 536 g/mol. The Morgan fingerprint density at radius 3 is 1.73 bits per heavy atom. The average Bonchev–Trinajstić information content (AvgIpc) is 3.68. The summed E-state index contributed by atoms with van der Waals surface area (Å²) in [5, 5.41) is 6.01. The second-order valence-corrected chi connectivity index (χ2v) is 11.1. The van der Waals surface area contributed by atoms with Crippen molar-refractivity contribution in [2.24, 2.45) is 0 Å². The van der Waals surface area contributed by atoms with E-state index in [9.17, 15) is 0 Å². The fraction of sp³-hybridized carbons (Fsp3) is 0. The maximum absolute atomic E-state index is 5.19. The second-order valence-electron chi connectivity index (χ2n) is 11.1. The molecule has 3 aromatic heterocycles. The number of rotatable bonds is 4. The van der Waals surface area contributed by atoms with Gasteiger partial charge in [0.2, 0.25) is 5.95 Å². The Labute approximate surface area is 254 Å². The molecule has 0 saturated carbocycles. The molecule has 0 fully saturated rings. The van der Waals surface area contributed by atoms with Gasteiger partial charge in [0.1, 0.15) is 0 Å². The van der Waals surface area contributed by atoms with E-state index in [1.807, 2.05) is 12.1 Å².